The molecule has 0 bridgehead atoms. The molecule has 4 nitrogen and oxygen atoms in total. The molecule has 0 aliphatic carbocycles. The molecule has 0 saturated carbocycles. The molecule has 0 radical (unpaired) electrons. The van der Waals surface area contributed by atoms with Gasteiger partial charge in [0.2, 0.25) is 0 Å². The van der Waals surface area contributed by atoms with Crippen molar-refractivity contribution in [2.24, 2.45) is 0 Å². The van der Waals surface area contributed by atoms with E-state index >= 15 is 0 Å². The molecule has 1 aliphatic heterocycles. The Morgan fingerprint density at radius 3 is 1.83 bits per heavy atom. The average Bonchev–Trinajstić information content (AvgIpc) is 2.76. The molecular formula is C23H20Cl3N3O. The van der Waals surface area contributed by atoms with Gasteiger partial charge in [-0.2, -0.15) is 0 Å². The molecule has 1 saturated heterocycles. The van der Waals surface area contributed by atoms with Crippen molar-refractivity contribution in [1.29, 1.82) is 0 Å². The van der Waals surface area contributed by atoms with Gasteiger partial charge in [0, 0.05) is 48.0 Å². The van der Waals surface area contributed by atoms with E-state index in [-0.39, 0.29) is 11.9 Å². The van der Waals surface area contributed by atoms with Crippen molar-refractivity contribution in [3.8, 4) is 0 Å². The first-order chi connectivity index (χ1) is 14.5. The summed E-state index contributed by atoms with van der Waals surface area (Å²) < 4.78 is 0. The van der Waals surface area contributed by atoms with Crippen molar-refractivity contribution >= 4 is 40.7 Å². The topological polar surface area (TPSA) is 36.4 Å². The van der Waals surface area contributed by atoms with Crippen LogP contribution in [0.1, 0.15) is 27.5 Å². The summed E-state index contributed by atoms with van der Waals surface area (Å²) in [4.78, 5) is 21.0. The van der Waals surface area contributed by atoms with Crippen molar-refractivity contribution in [3.05, 3.63) is 98.7 Å². The molecule has 1 aromatic heterocycles. The van der Waals surface area contributed by atoms with Gasteiger partial charge in [-0.15, -0.1) is 0 Å². The number of hydrogen-bond acceptors (Lipinski definition) is 3. The van der Waals surface area contributed by atoms with Crippen LogP contribution in [0.2, 0.25) is 15.2 Å². The zero-order valence-electron chi connectivity index (χ0n) is 16.1. The van der Waals surface area contributed by atoms with Gasteiger partial charge in [-0.05, 0) is 47.5 Å². The summed E-state index contributed by atoms with van der Waals surface area (Å²) in [5.74, 6) is -0.0199. The minimum atomic E-state index is -0.0199. The molecule has 1 amide bonds. The Balaban J connectivity index is 1.54. The van der Waals surface area contributed by atoms with Gasteiger partial charge in [0.25, 0.3) is 5.91 Å². The summed E-state index contributed by atoms with van der Waals surface area (Å²) in [7, 11) is 0. The lowest BCUT2D eigenvalue weighted by Crippen LogP contribution is -2.49. The Kier molecular flexibility index (Phi) is 6.59. The number of piperazine rings is 1. The van der Waals surface area contributed by atoms with Gasteiger partial charge in [0.15, 0.2) is 0 Å². The van der Waals surface area contributed by atoms with E-state index in [0.717, 1.165) is 24.2 Å². The Morgan fingerprint density at radius 1 is 0.800 bits per heavy atom. The third-order valence-corrected chi connectivity index (χ3v) is 6.02. The molecule has 0 spiro atoms. The molecule has 0 unspecified atom stereocenters. The Morgan fingerprint density at radius 2 is 1.33 bits per heavy atom. The van der Waals surface area contributed by atoms with Crippen LogP contribution in [-0.2, 0) is 0 Å². The fraction of sp³-hybridized carbons (Fsp3) is 0.217. The molecule has 7 heteroatoms. The van der Waals surface area contributed by atoms with Crippen molar-refractivity contribution in [1.82, 2.24) is 14.8 Å². The number of halogens is 3. The zero-order valence-corrected chi connectivity index (χ0v) is 18.4. The van der Waals surface area contributed by atoms with E-state index in [0.29, 0.717) is 33.9 Å². The van der Waals surface area contributed by atoms with Gasteiger partial charge in [-0.25, -0.2) is 4.98 Å². The summed E-state index contributed by atoms with van der Waals surface area (Å²) in [6.45, 7) is 2.77. The number of pyridine rings is 1. The number of aromatic nitrogens is 1. The predicted octanol–water partition coefficient (Wildman–Crippen LogP) is 5.59. The molecule has 1 aliphatic rings. The first kappa shape index (κ1) is 21.1. The van der Waals surface area contributed by atoms with E-state index in [4.69, 9.17) is 34.8 Å². The van der Waals surface area contributed by atoms with Crippen LogP contribution in [0.3, 0.4) is 0 Å². The molecule has 3 aromatic rings. The van der Waals surface area contributed by atoms with Gasteiger partial charge in [0.05, 0.1) is 6.04 Å². The highest BCUT2D eigenvalue weighted by Gasteiger charge is 2.28. The lowest BCUT2D eigenvalue weighted by atomic mass is 9.96. The number of nitrogens with zero attached hydrogens (tertiary/aromatic N) is 3. The van der Waals surface area contributed by atoms with Gasteiger partial charge in [-0.3, -0.25) is 9.69 Å². The summed E-state index contributed by atoms with van der Waals surface area (Å²) in [5.41, 5.74) is 2.88. The second-order valence-electron chi connectivity index (χ2n) is 7.20. The first-order valence-corrected chi connectivity index (χ1v) is 10.8. The monoisotopic (exact) mass is 459 g/mol. The Bertz CT molecular complexity index is 971. The Hall–Kier alpha value is -2.11. The van der Waals surface area contributed by atoms with Crippen molar-refractivity contribution in [2.45, 2.75) is 6.04 Å². The first-order valence-electron chi connectivity index (χ1n) is 9.67. The summed E-state index contributed by atoms with van der Waals surface area (Å²) >= 11 is 18.1. The number of benzene rings is 2. The maximum absolute atomic E-state index is 12.8. The maximum atomic E-state index is 12.8. The summed E-state index contributed by atoms with van der Waals surface area (Å²) in [5, 5.41) is 1.74. The van der Waals surface area contributed by atoms with Crippen LogP contribution >= 0.6 is 34.8 Å². The summed E-state index contributed by atoms with van der Waals surface area (Å²) in [6, 6.07) is 19.2. The van der Waals surface area contributed by atoms with E-state index < -0.39 is 0 Å². The van der Waals surface area contributed by atoms with Gasteiger partial charge >= 0.3 is 0 Å². The molecule has 4 rings (SSSR count). The normalized spacial score (nSPS) is 14.9. The number of hydrogen-bond donors (Lipinski definition) is 0. The molecule has 30 heavy (non-hydrogen) atoms. The van der Waals surface area contributed by atoms with E-state index in [2.05, 4.69) is 34.1 Å². The smallest absolute Gasteiger partial charge is 0.254 e. The van der Waals surface area contributed by atoms with Gasteiger partial charge < -0.3 is 4.90 Å². The molecule has 2 heterocycles. The second-order valence-corrected chi connectivity index (χ2v) is 8.46. The SMILES string of the molecule is O=C(c1ccnc(Cl)c1)N1CCN(C(c2ccc(Cl)cc2)c2ccc(Cl)cc2)CC1. The van der Waals surface area contributed by atoms with Crippen LogP contribution in [0.25, 0.3) is 0 Å². The van der Waals surface area contributed by atoms with E-state index in [9.17, 15) is 4.79 Å². The van der Waals surface area contributed by atoms with Gasteiger partial charge in [-0.1, -0.05) is 59.1 Å². The van der Waals surface area contributed by atoms with E-state index in [1.807, 2.05) is 29.2 Å². The number of carbonyl (C=O) groups is 1. The van der Waals surface area contributed by atoms with Gasteiger partial charge in [0.1, 0.15) is 5.15 Å². The highest BCUT2D eigenvalue weighted by molar-refractivity contribution is 6.31. The third-order valence-electron chi connectivity index (χ3n) is 5.31. The summed E-state index contributed by atoms with van der Waals surface area (Å²) in [6.07, 6.45) is 1.56. The van der Waals surface area contributed by atoms with Crippen LogP contribution in [0, 0.1) is 0 Å². The van der Waals surface area contributed by atoms with Crippen molar-refractivity contribution < 1.29 is 4.79 Å². The van der Waals surface area contributed by atoms with Crippen LogP contribution in [0.5, 0.6) is 0 Å². The third kappa shape index (κ3) is 4.79. The maximum Gasteiger partial charge on any atom is 0.254 e. The molecular weight excluding hydrogens is 441 g/mol. The van der Waals surface area contributed by atoms with Crippen molar-refractivity contribution in [2.75, 3.05) is 26.2 Å². The number of rotatable bonds is 4. The molecule has 0 atom stereocenters. The van der Waals surface area contributed by atoms with E-state index in [1.54, 1.807) is 18.3 Å². The standard InChI is InChI=1S/C23H20Cl3N3O/c24-19-5-1-16(2-6-19)22(17-3-7-20(25)8-4-17)28-11-13-29(14-12-28)23(30)18-9-10-27-21(26)15-18/h1-10,15,22H,11-14H2. The van der Waals surface area contributed by atoms with Crippen LogP contribution in [0.15, 0.2) is 66.9 Å². The largest absolute Gasteiger partial charge is 0.336 e. The minimum absolute atomic E-state index is 0.0199. The lowest BCUT2D eigenvalue weighted by molar-refractivity contribution is 0.0597. The number of carbonyl (C=O) groups excluding carboxylic acids is 1. The minimum Gasteiger partial charge on any atom is -0.336 e. The van der Waals surface area contributed by atoms with Crippen LogP contribution in [-0.4, -0.2) is 46.9 Å². The fourth-order valence-corrected chi connectivity index (χ4v) is 4.23. The lowest BCUT2D eigenvalue weighted by Gasteiger charge is -2.40. The average molecular weight is 461 g/mol. The van der Waals surface area contributed by atoms with E-state index in [1.165, 1.54) is 0 Å². The Labute approximate surface area is 191 Å². The zero-order chi connectivity index (χ0) is 21.1. The van der Waals surface area contributed by atoms with Crippen LogP contribution in [0.4, 0.5) is 0 Å². The van der Waals surface area contributed by atoms with Crippen molar-refractivity contribution in [3.63, 3.8) is 0 Å². The molecule has 2 aromatic carbocycles. The molecule has 1 fully saturated rings. The fourth-order valence-electron chi connectivity index (χ4n) is 3.81. The highest BCUT2D eigenvalue weighted by atomic mass is 35.5. The van der Waals surface area contributed by atoms with Crippen LogP contribution < -0.4 is 0 Å². The quantitative estimate of drug-likeness (QED) is 0.476. The second kappa shape index (κ2) is 9.36. The highest BCUT2D eigenvalue weighted by Crippen LogP contribution is 2.31. The predicted molar refractivity (Wildman–Crippen MR) is 121 cm³/mol. The molecule has 154 valence electrons. The number of amides is 1. The molecule has 0 N–H and O–H groups in total.